The van der Waals surface area contributed by atoms with Crippen molar-refractivity contribution in [3.8, 4) is 0 Å². The molecule has 0 saturated carbocycles. The molecule has 0 aliphatic rings. The van der Waals surface area contributed by atoms with E-state index in [1.54, 1.807) is 19.3 Å². The lowest BCUT2D eigenvalue weighted by atomic mass is 10.3. The summed E-state index contributed by atoms with van der Waals surface area (Å²) >= 11 is 0. The Morgan fingerprint density at radius 3 is 2.92 bits per heavy atom. The highest BCUT2D eigenvalue weighted by Gasteiger charge is 2.04. The molecule has 0 fully saturated rings. The number of aryl methyl sites for hydroxylation is 1. The van der Waals surface area contributed by atoms with E-state index in [0.717, 1.165) is 5.69 Å². The Kier molecular flexibility index (Phi) is 3.37. The average molecular weight is 180 g/mol. The van der Waals surface area contributed by atoms with Gasteiger partial charge < -0.3 is 4.74 Å². The van der Waals surface area contributed by atoms with Gasteiger partial charge in [-0.05, 0) is 13.8 Å². The summed E-state index contributed by atoms with van der Waals surface area (Å²) in [6, 6.07) is 0. The van der Waals surface area contributed by atoms with Crippen LogP contribution in [0.1, 0.15) is 18.3 Å². The molecule has 4 nitrogen and oxygen atoms in total. The fourth-order valence-corrected chi connectivity index (χ4v) is 0.961. The molecule has 0 spiro atoms. The molecule has 13 heavy (non-hydrogen) atoms. The maximum atomic E-state index is 11.0. The van der Waals surface area contributed by atoms with Gasteiger partial charge in [-0.3, -0.25) is 14.8 Å². The van der Waals surface area contributed by atoms with Crippen LogP contribution in [0.25, 0.3) is 0 Å². The molecule has 0 saturated heterocycles. The zero-order valence-electron chi connectivity index (χ0n) is 7.78. The van der Waals surface area contributed by atoms with Crippen molar-refractivity contribution in [2.45, 2.75) is 20.3 Å². The number of esters is 1. The number of aromatic nitrogens is 2. The Balaban J connectivity index is 2.58. The first-order valence-corrected chi connectivity index (χ1v) is 4.15. The predicted octanol–water partition coefficient (Wildman–Crippen LogP) is 0.891. The third kappa shape index (κ3) is 3.19. The van der Waals surface area contributed by atoms with Gasteiger partial charge in [-0.1, -0.05) is 0 Å². The van der Waals surface area contributed by atoms with E-state index in [2.05, 4.69) is 9.97 Å². The van der Waals surface area contributed by atoms with Crippen molar-refractivity contribution in [3.63, 3.8) is 0 Å². The summed E-state index contributed by atoms with van der Waals surface area (Å²) in [5.74, 6) is -0.262. The first-order chi connectivity index (χ1) is 6.22. The SMILES string of the molecule is CCOC(=O)Cc1cncc(C)n1. The Hall–Kier alpha value is -1.45. The molecule has 1 rings (SSSR count). The van der Waals surface area contributed by atoms with Crippen molar-refractivity contribution in [3.05, 3.63) is 23.8 Å². The van der Waals surface area contributed by atoms with Gasteiger partial charge >= 0.3 is 5.97 Å². The summed E-state index contributed by atoms with van der Waals surface area (Å²) in [6.07, 6.45) is 3.42. The van der Waals surface area contributed by atoms with Crippen LogP contribution < -0.4 is 0 Å². The molecule has 0 unspecified atom stereocenters. The summed E-state index contributed by atoms with van der Waals surface area (Å²) in [5.41, 5.74) is 1.46. The smallest absolute Gasteiger partial charge is 0.311 e. The van der Waals surface area contributed by atoms with Gasteiger partial charge in [0.05, 0.1) is 24.4 Å². The zero-order valence-corrected chi connectivity index (χ0v) is 7.78. The van der Waals surface area contributed by atoms with E-state index in [0.29, 0.717) is 12.3 Å². The molecule has 0 aliphatic heterocycles. The van der Waals surface area contributed by atoms with Crippen LogP contribution in [0.3, 0.4) is 0 Å². The minimum absolute atomic E-state index is 0.197. The van der Waals surface area contributed by atoms with Gasteiger partial charge in [-0.2, -0.15) is 0 Å². The molecular formula is C9H12N2O2. The van der Waals surface area contributed by atoms with Gasteiger partial charge in [-0.15, -0.1) is 0 Å². The molecule has 1 aromatic heterocycles. The lowest BCUT2D eigenvalue weighted by Gasteiger charge is -2.00. The molecule has 0 amide bonds. The van der Waals surface area contributed by atoms with E-state index in [4.69, 9.17) is 4.74 Å². The van der Waals surface area contributed by atoms with Crippen LogP contribution in [-0.4, -0.2) is 22.5 Å². The highest BCUT2D eigenvalue weighted by molar-refractivity contribution is 5.71. The molecule has 70 valence electrons. The van der Waals surface area contributed by atoms with Crippen molar-refractivity contribution >= 4 is 5.97 Å². The standard InChI is InChI=1S/C9H12N2O2/c1-3-13-9(12)4-8-6-10-5-7(2)11-8/h5-6H,3-4H2,1-2H3. The fourth-order valence-electron chi connectivity index (χ4n) is 0.961. The lowest BCUT2D eigenvalue weighted by molar-refractivity contribution is -0.142. The van der Waals surface area contributed by atoms with Gasteiger partial charge in [0.15, 0.2) is 0 Å². The number of hydrogen-bond donors (Lipinski definition) is 0. The minimum atomic E-state index is -0.262. The summed E-state index contributed by atoms with van der Waals surface area (Å²) < 4.78 is 4.78. The highest BCUT2D eigenvalue weighted by Crippen LogP contribution is 1.97. The van der Waals surface area contributed by atoms with Gasteiger partial charge in [0.1, 0.15) is 0 Å². The van der Waals surface area contributed by atoms with Gasteiger partial charge in [0, 0.05) is 12.4 Å². The number of nitrogens with zero attached hydrogens (tertiary/aromatic N) is 2. The van der Waals surface area contributed by atoms with Crippen molar-refractivity contribution in [1.82, 2.24) is 9.97 Å². The second-order valence-electron chi connectivity index (χ2n) is 2.63. The largest absolute Gasteiger partial charge is 0.466 e. The number of hydrogen-bond acceptors (Lipinski definition) is 4. The molecule has 0 bridgehead atoms. The highest BCUT2D eigenvalue weighted by atomic mass is 16.5. The van der Waals surface area contributed by atoms with Crippen LogP contribution in [0.15, 0.2) is 12.4 Å². The van der Waals surface area contributed by atoms with Gasteiger partial charge in [-0.25, -0.2) is 0 Å². The second-order valence-corrected chi connectivity index (χ2v) is 2.63. The van der Waals surface area contributed by atoms with Crippen LogP contribution in [0.4, 0.5) is 0 Å². The molecule has 0 N–H and O–H groups in total. The molecule has 1 aromatic rings. The average Bonchev–Trinajstić information content (AvgIpc) is 2.04. The summed E-state index contributed by atoms with van der Waals surface area (Å²) in [5, 5.41) is 0. The number of carbonyl (C=O) groups is 1. The van der Waals surface area contributed by atoms with Gasteiger partial charge in [0.2, 0.25) is 0 Å². The second kappa shape index (κ2) is 4.54. The summed E-state index contributed by atoms with van der Waals surface area (Å²) in [6.45, 7) is 4.01. The Morgan fingerprint density at radius 2 is 2.31 bits per heavy atom. The van der Waals surface area contributed by atoms with E-state index in [1.807, 2.05) is 6.92 Å². The maximum Gasteiger partial charge on any atom is 0.311 e. The van der Waals surface area contributed by atoms with Crippen molar-refractivity contribution in [2.24, 2.45) is 0 Å². The Morgan fingerprint density at radius 1 is 1.54 bits per heavy atom. The van der Waals surface area contributed by atoms with Crippen molar-refractivity contribution in [1.29, 1.82) is 0 Å². The van der Waals surface area contributed by atoms with Gasteiger partial charge in [0.25, 0.3) is 0 Å². The van der Waals surface area contributed by atoms with E-state index in [-0.39, 0.29) is 12.4 Å². The Bertz CT molecular complexity index is 299. The monoisotopic (exact) mass is 180 g/mol. The first-order valence-electron chi connectivity index (χ1n) is 4.15. The van der Waals surface area contributed by atoms with E-state index in [1.165, 1.54) is 0 Å². The van der Waals surface area contributed by atoms with E-state index < -0.39 is 0 Å². The number of rotatable bonds is 3. The third-order valence-corrected chi connectivity index (χ3v) is 1.44. The lowest BCUT2D eigenvalue weighted by Crippen LogP contribution is -2.09. The first kappa shape index (κ1) is 9.64. The minimum Gasteiger partial charge on any atom is -0.466 e. The Labute approximate surface area is 77.0 Å². The molecule has 4 heteroatoms. The predicted molar refractivity (Wildman–Crippen MR) is 47.1 cm³/mol. The molecule has 0 aromatic carbocycles. The van der Waals surface area contributed by atoms with Crippen molar-refractivity contribution < 1.29 is 9.53 Å². The number of ether oxygens (including phenoxy) is 1. The topological polar surface area (TPSA) is 52.1 Å². The molecule has 0 radical (unpaired) electrons. The summed E-state index contributed by atoms with van der Waals surface area (Å²) in [7, 11) is 0. The number of carbonyl (C=O) groups excluding carboxylic acids is 1. The third-order valence-electron chi connectivity index (χ3n) is 1.44. The van der Waals surface area contributed by atoms with E-state index in [9.17, 15) is 4.79 Å². The normalized spacial score (nSPS) is 9.69. The van der Waals surface area contributed by atoms with Crippen LogP contribution in [0.2, 0.25) is 0 Å². The molecule has 0 aliphatic carbocycles. The molecule has 0 atom stereocenters. The van der Waals surface area contributed by atoms with Crippen LogP contribution in [-0.2, 0) is 16.0 Å². The van der Waals surface area contributed by atoms with Crippen molar-refractivity contribution in [2.75, 3.05) is 6.61 Å². The van der Waals surface area contributed by atoms with Crippen LogP contribution in [0.5, 0.6) is 0 Å². The summed E-state index contributed by atoms with van der Waals surface area (Å²) in [4.78, 5) is 19.1. The van der Waals surface area contributed by atoms with E-state index >= 15 is 0 Å². The molecule has 1 heterocycles. The van der Waals surface area contributed by atoms with Crippen LogP contribution >= 0.6 is 0 Å². The zero-order chi connectivity index (χ0) is 9.68. The molecular weight excluding hydrogens is 168 g/mol. The maximum absolute atomic E-state index is 11.0. The van der Waals surface area contributed by atoms with Crippen LogP contribution in [0, 0.1) is 6.92 Å². The fraction of sp³-hybridized carbons (Fsp3) is 0.444. The quantitative estimate of drug-likeness (QED) is 0.648.